The molecule has 0 radical (unpaired) electrons. The third-order valence-corrected chi connectivity index (χ3v) is 7.46. The van der Waals surface area contributed by atoms with E-state index in [0.29, 0.717) is 11.3 Å². The maximum absolute atomic E-state index is 5.64. The first-order valence-corrected chi connectivity index (χ1v) is 11.1. The van der Waals surface area contributed by atoms with Gasteiger partial charge in [0.05, 0.1) is 12.3 Å². The van der Waals surface area contributed by atoms with Gasteiger partial charge >= 0.3 is 0 Å². The average molecular weight is 372 g/mol. The molecule has 2 saturated heterocycles. The highest BCUT2D eigenvalue weighted by molar-refractivity contribution is 5.06. The molecule has 4 rings (SSSR count). The van der Waals surface area contributed by atoms with Gasteiger partial charge in [0.2, 0.25) is 0 Å². The molecule has 0 N–H and O–H groups in total. The van der Waals surface area contributed by atoms with Crippen LogP contribution < -0.4 is 0 Å². The molecule has 0 unspecified atom stereocenters. The topological polar surface area (TPSA) is 28.6 Å². The SMILES string of the molecule is COC[C@H]1CN(Cc2ccccn2)CC12CCN(CC1CCCCC1)CC2. The number of nitrogens with zero attached hydrogens (tertiary/aromatic N) is 3. The Hall–Kier alpha value is -0.970. The number of rotatable bonds is 6. The fourth-order valence-electron chi connectivity index (χ4n) is 5.90. The van der Waals surface area contributed by atoms with Gasteiger partial charge in [0.15, 0.2) is 0 Å². The number of piperidine rings is 1. The predicted molar refractivity (Wildman–Crippen MR) is 110 cm³/mol. The largest absolute Gasteiger partial charge is 0.384 e. The molecule has 1 atom stereocenters. The summed E-state index contributed by atoms with van der Waals surface area (Å²) in [6, 6.07) is 6.26. The molecule has 4 nitrogen and oxygen atoms in total. The highest BCUT2D eigenvalue weighted by Gasteiger charge is 2.47. The van der Waals surface area contributed by atoms with Crippen molar-refractivity contribution in [1.29, 1.82) is 0 Å². The summed E-state index contributed by atoms with van der Waals surface area (Å²) in [6.45, 7) is 8.18. The fourth-order valence-corrected chi connectivity index (χ4v) is 5.90. The first kappa shape index (κ1) is 19.4. The second-order valence-electron chi connectivity index (χ2n) is 9.31. The minimum atomic E-state index is 0.452. The van der Waals surface area contributed by atoms with Crippen molar-refractivity contribution < 1.29 is 4.74 Å². The van der Waals surface area contributed by atoms with E-state index in [4.69, 9.17) is 4.74 Å². The molecule has 1 aromatic rings. The van der Waals surface area contributed by atoms with Crippen LogP contribution in [0, 0.1) is 17.3 Å². The Morgan fingerprint density at radius 2 is 1.93 bits per heavy atom. The van der Waals surface area contributed by atoms with Gasteiger partial charge in [0.25, 0.3) is 0 Å². The van der Waals surface area contributed by atoms with Crippen molar-refractivity contribution >= 4 is 0 Å². The Kier molecular flexibility index (Phi) is 6.46. The van der Waals surface area contributed by atoms with Crippen LogP contribution >= 0.6 is 0 Å². The smallest absolute Gasteiger partial charge is 0.0543 e. The lowest BCUT2D eigenvalue weighted by Crippen LogP contribution is -2.46. The van der Waals surface area contributed by atoms with Crippen LogP contribution in [0.25, 0.3) is 0 Å². The summed E-state index contributed by atoms with van der Waals surface area (Å²) in [5, 5.41) is 0. The van der Waals surface area contributed by atoms with Crippen molar-refractivity contribution in [3.05, 3.63) is 30.1 Å². The van der Waals surface area contributed by atoms with Crippen LogP contribution in [0.3, 0.4) is 0 Å². The highest BCUT2D eigenvalue weighted by atomic mass is 16.5. The van der Waals surface area contributed by atoms with Crippen LogP contribution in [0.2, 0.25) is 0 Å². The number of likely N-dealkylation sites (tertiary alicyclic amines) is 2. The molecular formula is C23H37N3O. The number of hydrogen-bond acceptors (Lipinski definition) is 4. The van der Waals surface area contributed by atoms with Crippen LogP contribution in [0.5, 0.6) is 0 Å². The summed E-state index contributed by atoms with van der Waals surface area (Å²) >= 11 is 0. The Balaban J connectivity index is 1.34. The summed E-state index contributed by atoms with van der Waals surface area (Å²) < 4.78 is 5.64. The van der Waals surface area contributed by atoms with Gasteiger partial charge in [-0.05, 0) is 62.2 Å². The molecule has 1 aromatic heterocycles. The third kappa shape index (κ3) is 4.72. The second-order valence-corrected chi connectivity index (χ2v) is 9.31. The van der Waals surface area contributed by atoms with Crippen molar-refractivity contribution in [3.8, 4) is 0 Å². The van der Waals surface area contributed by atoms with Crippen molar-refractivity contribution in [1.82, 2.24) is 14.8 Å². The molecule has 0 bridgehead atoms. The number of pyridine rings is 1. The van der Waals surface area contributed by atoms with E-state index in [1.54, 1.807) is 0 Å². The van der Waals surface area contributed by atoms with E-state index in [0.717, 1.165) is 25.6 Å². The van der Waals surface area contributed by atoms with Crippen molar-refractivity contribution in [2.24, 2.45) is 17.3 Å². The molecular weight excluding hydrogens is 334 g/mol. The molecule has 0 amide bonds. The number of ether oxygens (including phenoxy) is 1. The molecule has 4 heteroatoms. The minimum absolute atomic E-state index is 0.452. The third-order valence-electron chi connectivity index (χ3n) is 7.46. The molecule has 1 spiro atoms. The van der Waals surface area contributed by atoms with Gasteiger partial charge in [0, 0.05) is 45.4 Å². The lowest BCUT2D eigenvalue weighted by molar-refractivity contribution is 0.0307. The van der Waals surface area contributed by atoms with Crippen LogP contribution in [-0.4, -0.2) is 61.2 Å². The van der Waals surface area contributed by atoms with Crippen LogP contribution in [0.1, 0.15) is 50.6 Å². The maximum atomic E-state index is 5.64. The van der Waals surface area contributed by atoms with Gasteiger partial charge in [-0.2, -0.15) is 0 Å². The normalized spacial score (nSPS) is 27.4. The van der Waals surface area contributed by atoms with Crippen molar-refractivity contribution in [2.45, 2.75) is 51.5 Å². The van der Waals surface area contributed by atoms with Gasteiger partial charge < -0.3 is 9.64 Å². The zero-order valence-electron chi connectivity index (χ0n) is 17.1. The Morgan fingerprint density at radius 3 is 2.63 bits per heavy atom. The summed E-state index contributed by atoms with van der Waals surface area (Å²) in [5.74, 6) is 1.63. The summed E-state index contributed by atoms with van der Waals surface area (Å²) in [5.41, 5.74) is 1.65. The first-order chi connectivity index (χ1) is 13.3. The van der Waals surface area contributed by atoms with Crippen molar-refractivity contribution in [3.63, 3.8) is 0 Å². The fraction of sp³-hybridized carbons (Fsp3) is 0.783. The molecule has 27 heavy (non-hydrogen) atoms. The minimum Gasteiger partial charge on any atom is -0.384 e. The van der Waals surface area contributed by atoms with Crippen LogP contribution in [-0.2, 0) is 11.3 Å². The van der Waals surface area contributed by atoms with E-state index in [1.165, 1.54) is 76.8 Å². The van der Waals surface area contributed by atoms with Gasteiger partial charge in [0.1, 0.15) is 0 Å². The van der Waals surface area contributed by atoms with Crippen LogP contribution in [0.4, 0.5) is 0 Å². The maximum Gasteiger partial charge on any atom is 0.0543 e. The predicted octanol–water partition coefficient (Wildman–Crippen LogP) is 3.82. The molecule has 2 aliphatic heterocycles. The van der Waals surface area contributed by atoms with E-state index >= 15 is 0 Å². The van der Waals surface area contributed by atoms with E-state index in [9.17, 15) is 0 Å². The number of methoxy groups -OCH3 is 1. The Labute approximate surface area is 165 Å². The first-order valence-electron chi connectivity index (χ1n) is 11.1. The molecule has 1 aliphatic carbocycles. The molecule has 150 valence electrons. The monoisotopic (exact) mass is 371 g/mol. The quantitative estimate of drug-likeness (QED) is 0.760. The number of hydrogen-bond donors (Lipinski definition) is 0. The standard InChI is InChI=1S/C23H37N3O/c1-27-18-21-16-26(17-22-9-5-6-12-24-22)19-23(21)10-13-25(14-11-23)15-20-7-3-2-4-8-20/h5-6,9,12,20-21H,2-4,7-8,10-11,13-19H2,1H3/t21-/m1/s1. The van der Waals surface area contributed by atoms with E-state index < -0.39 is 0 Å². The highest BCUT2D eigenvalue weighted by Crippen LogP contribution is 2.45. The van der Waals surface area contributed by atoms with E-state index in [2.05, 4.69) is 26.9 Å². The molecule has 1 saturated carbocycles. The lowest BCUT2D eigenvalue weighted by atomic mass is 9.71. The number of aromatic nitrogens is 1. The Bertz CT molecular complexity index is 564. The molecule has 3 fully saturated rings. The summed E-state index contributed by atoms with van der Waals surface area (Å²) in [4.78, 5) is 9.94. The lowest BCUT2D eigenvalue weighted by Gasteiger charge is -2.43. The molecule has 3 aliphatic rings. The zero-order valence-corrected chi connectivity index (χ0v) is 17.1. The second kappa shape index (κ2) is 9.02. The average Bonchev–Trinajstić information content (AvgIpc) is 3.02. The van der Waals surface area contributed by atoms with E-state index in [1.807, 2.05) is 19.4 Å². The Morgan fingerprint density at radius 1 is 1.11 bits per heavy atom. The van der Waals surface area contributed by atoms with Gasteiger partial charge in [-0.25, -0.2) is 0 Å². The summed E-state index contributed by atoms with van der Waals surface area (Å²) in [6.07, 6.45) is 11.9. The van der Waals surface area contributed by atoms with Crippen LogP contribution in [0.15, 0.2) is 24.4 Å². The molecule has 3 heterocycles. The van der Waals surface area contributed by atoms with Gasteiger partial charge in [-0.15, -0.1) is 0 Å². The molecule has 0 aromatic carbocycles. The van der Waals surface area contributed by atoms with Gasteiger partial charge in [-0.3, -0.25) is 9.88 Å². The van der Waals surface area contributed by atoms with Crippen molar-refractivity contribution in [2.75, 3.05) is 46.4 Å². The van der Waals surface area contributed by atoms with Gasteiger partial charge in [-0.1, -0.05) is 25.3 Å². The van der Waals surface area contributed by atoms with E-state index in [-0.39, 0.29) is 0 Å². The zero-order chi connectivity index (χ0) is 18.5. The summed E-state index contributed by atoms with van der Waals surface area (Å²) in [7, 11) is 1.87.